The normalized spacial score (nSPS) is 18.6. The largest absolute Gasteiger partial charge is 0.508 e. The van der Waals surface area contributed by atoms with Gasteiger partial charge in [0.25, 0.3) is 5.91 Å². The van der Waals surface area contributed by atoms with Crippen LogP contribution in [0.25, 0.3) is 0 Å². The van der Waals surface area contributed by atoms with E-state index in [1.165, 1.54) is 0 Å². The van der Waals surface area contributed by atoms with Gasteiger partial charge in [0.2, 0.25) is 0 Å². The van der Waals surface area contributed by atoms with Crippen LogP contribution in [-0.4, -0.2) is 28.5 Å². The van der Waals surface area contributed by atoms with Crippen molar-refractivity contribution in [3.05, 3.63) is 54.1 Å². The maximum atomic E-state index is 13.1. The lowest BCUT2D eigenvalue weighted by Crippen LogP contribution is -2.49. The Bertz CT molecular complexity index is 979. The molecule has 0 fully saturated rings. The predicted octanol–water partition coefficient (Wildman–Crippen LogP) is 4.36. The summed E-state index contributed by atoms with van der Waals surface area (Å²) in [5.74, 6) is -0.560. The summed E-state index contributed by atoms with van der Waals surface area (Å²) in [4.78, 5) is 35.6. The summed E-state index contributed by atoms with van der Waals surface area (Å²) < 4.78 is 0. The van der Waals surface area contributed by atoms with Crippen LogP contribution < -0.4 is 4.90 Å². The monoisotopic (exact) mass is 361 g/mol. The molecule has 2 aromatic rings. The quantitative estimate of drug-likeness (QED) is 0.878. The minimum Gasteiger partial charge on any atom is -0.508 e. The van der Waals surface area contributed by atoms with Crippen molar-refractivity contribution in [2.75, 3.05) is 4.90 Å². The van der Waals surface area contributed by atoms with Gasteiger partial charge in [0.15, 0.2) is 5.71 Å². The van der Waals surface area contributed by atoms with E-state index in [4.69, 9.17) is 0 Å². The summed E-state index contributed by atoms with van der Waals surface area (Å²) in [5, 5.41) is 9.89. The Hall–Kier alpha value is -3.28. The molecule has 1 unspecified atom stereocenters. The number of carbonyl (C=O) groups is 2. The van der Waals surface area contributed by atoms with Crippen LogP contribution in [0, 0.1) is 0 Å². The number of rotatable bonds is 4. The summed E-state index contributed by atoms with van der Waals surface area (Å²) in [6.07, 6.45) is 2.62. The summed E-state index contributed by atoms with van der Waals surface area (Å²) in [6, 6.07) is 13.0. The SMILES string of the molecule is CCCCC1C2=NC(=O)N(c3ccccc3)C(=O)C2=Nc2ccc(O)cc21. The van der Waals surface area contributed by atoms with E-state index in [-0.39, 0.29) is 17.4 Å². The highest BCUT2D eigenvalue weighted by molar-refractivity contribution is 6.74. The van der Waals surface area contributed by atoms with Gasteiger partial charge >= 0.3 is 6.03 Å². The molecule has 2 aliphatic heterocycles. The maximum absolute atomic E-state index is 13.1. The van der Waals surface area contributed by atoms with E-state index in [2.05, 4.69) is 16.9 Å². The lowest BCUT2D eigenvalue weighted by Gasteiger charge is -2.31. The molecule has 0 saturated carbocycles. The van der Waals surface area contributed by atoms with Crippen molar-refractivity contribution in [2.24, 2.45) is 9.98 Å². The molecule has 2 aliphatic rings. The standard InChI is InChI=1S/C21H19N3O3/c1-2-3-9-15-16-12-14(25)10-11-17(16)22-19-18(15)23-21(27)24(20(19)26)13-7-5-4-6-8-13/h4-8,10-12,15,25H,2-3,9H2,1H3. The van der Waals surface area contributed by atoms with Gasteiger partial charge < -0.3 is 5.11 Å². The Kier molecular flexibility index (Phi) is 4.32. The molecule has 0 radical (unpaired) electrons. The van der Waals surface area contributed by atoms with Crippen LogP contribution in [0.2, 0.25) is 0 Å². The van der Waals surface area contributed by atoms with Crippen molar-refractivity contribution in [3.63, 3.8) is 0 Å². The van der Waals surface area contributed by atoms with E-state index >= 15 is 0 Å². The molecule has 6 heteroatoms. The number of carbonyl (C=O) groups excluding carboxylic acids is 2. The zero-order valence-corrected chi connectivity index (χ0v) is 14.9. The number of urea groups is 1. The summed E-state index contributed by atoms with van der Waals surface area (Å²) >= 11 is 0. The number of para-hydroxylation sites is 1. The number of phenols is 1. The molecule has 4 rings (SSSR count). The third-order valence-corrected chi connectivity index (χ3v) is 4.87. The molecule has 136 valence electrons. The number of imide groups is 1. The Balaban J connectivity index is 1.85. The molecule has 1 atom stereocenters. The summed E-state index contributed by atoms with van der Waals surface area (Å²) in [6.45, 7) is 2.08. The third kappa shape index (κ3) is 2.93. The smallest absolute Gasteiger partial charge is 0.355 e. The highest BCUT2D eigenvalue weighted by atomic mass is 16.3. The second-order valence-electron chi connectivity index (χ2n) is 6.65. The second kappa shape index (κ2) is 6.79. The second-order valence-corrected chi connectivity index (χ2v) is 6.65. The van der Waals surface area contributed by atoms with Crippen LogP contribution in [0.5, 0.6) is 5.75 Å². The first kappa shape index (κ1) is 17.1. The fraction of sp³-hybridized carbons (Fsp3) is 0.238. The van der Waals surface area contributed by atoms with Crippen molar-refractivity contribution in [2.45, 2.75) is 32.1 Å². The van der Waals surface area contributed by atoms with E-state index in [1.54, 1.807) is 42.5 Å². The molecule has 3 amide bonds. The fourth-order valence-electron chi connectivity index (χ4n) is 3.55. The van der Waals surface area contributed by atoms with Crippen molar-refractivity contribution in [1.82, 2.24) is 0 Å². The molecule has 27 heavy (non-hydrogen) atoms. The highest BCUT2D eigenvalue weighted by Gasteiger charge is 2.41. The minimum atomic E-state index is -0.606. The zero-order chi connectivity index (χ0) is 19.0. The molecule has 2 aromatic carbocycles. The van der Waals surface area contributed by atoms with Crippen molar-refractivity contribution in [3.8, 4) is 5.75 Å². The van der Waals surface area contributed by atoms with Crippen LogP contribution >= 0.6 is 0 Å². The molecule has 0 aliphatic carbocycles. The molecular formula is C21H19N3O3. The zero-order valence-electron chi connectivity index (χ0n) is 14.9. The number of hydrogen-bond acceptors (Lipinski definition) is 4. The van der Waals surface area contributed by atoms with Gasteiger partial charge in [-0.2, -0.15) is 4.99 Å². The number of fused-ring (bicyclic) bond motifs is 2. The number of aliphatic imine (C=N–C) groups is 2. The molecular weight excluding hydrogens is 342 g/mol. The number of amides is 3. The average molecular weight is 361 g/mol. The third-order valence-electron chi connectivity index (χ3n) is 4.87. The number of unbranched alkanes of at least 4 members (excludes halogenated alkanes) is 1. The first-order valence-electron chi connectivity index (χ1n) is 9.04. The number of nitrogens with zero attached hydrogens (tertiary/aromatic N) is 3. The van der Waals surface area contributed by atoms with Gasteiger partial charge in [0.05, 0.1) is 17.1 Å². The molecule has 6 nitrogen and oxygen atoms in total. The van der Waals surface area contributed by atoms with Crippen molar-refractivity contribution >= 4 is 34.7 Å². The van der Waals surface area contributed by atoms with Crippen molar-refractivity contribution in [1.29, 1.82) is 0 Å². The first-order chi connectivity index (χ1) is 13.1. The first-order valence-corrected chi connectivity index (χ1v) is 9.04. The fourth-order valence-corrected chi connectivity index (χ4v) is 3.55. The van der Waals surface area contributed by atoms with Gasteiger partial charge in [-0.25, -0.2) is 14.7 Å². The van der Waals surface area contributed by atoms with Crippen LogP contribution in [0.15, 0.2) is 58.5 Å². The Morgan fingerprint density at radius 3 is 2.59 bits per heavy atom. The lowest BCUT2D eigenvalue weighted by atomic mass is 9.83. The van der Waals surface area contributed by atoms with Crippen LogP contribution in [0.1, 0.15) is 37.7 Å². The van der Waals surface area contributed by atoms with Crippen molar-refractivity contribution < 1.29 is 14.7 Å². The molecule has 1 N–H and O–H groups in total. The highest BCUT2D eigenvalue weighted by Crippen LogP contribution is 2.40. The van der Waals surface area contributed by atoms with Crippen LogP contribution in [0.3, 0.4) is 0 Å². The molecule has 2 heterocycles. The molecule has 0 aromatic heterocycles. The Morgan fingerprint density at radius 2 is 1.85 bits per heavy atom. The van der Waals surface area contributed by atoms with Gasteiger partial charge in [0, 0.05) is 5.92 Å². The number of anilines is 1. The van der Waals surface area contributed by atoms with E-state index < -0.39 is 11.9 Å². The number of hydrogen-bond donors (Lipinski definition) is 1. The van der Waals surface area contributed by atoms with Gasteiger partial charge in [0.1, 0.15) is 5.75 Å². The van der Waals surface area contributed by atoms with E-state index in [0.717, 1.165) is 29.7 Å². The van der Waals surface area contributed by atoms with Gasteiger partial charge in [-0.05, 0) is 42.3 Å². The van der Waals surface area contributed by atoms with Crippen LogP contribution in [0.4, 0.5) is 16.2 Å². The Labute approximate surface area is 156 Å². The number of aromatic hydroxyl groups is 1. The molecule has 0 spiro atoms. The Morgan fingerprint density at radius 1 is 1.07 bits per heavy atom. The predicted molar refractivity (Wildman–Crippen MR) is 104 cm³/mol. The molecule has 0 saturated heterocycles. The summed E-state index contributed by atoms with van der Waals surface area (Å²) in [5.41, 5.74) is 2.53. The minimum absolute atomic E-state index is 0.133. The van der Waals surface area contributed by atoms with Gasteiger partial charge in [-0.1, -0.05) is 38.0 Å². The van der Waals surface area contributed by atoms with Gasteiger partial charge in [-0.15, -0.1) is 0 Å². The average Bonchev–Trinajstić information content (AvgIpc) is 2.67. The number of benzene rings is 2. The van der Waals surface area contributed by atoms with Crippen LogP contribution in [-0.2, 0) is 4.79 Å². The molecule has 0 bridgehead atoms. The lowest BCUT2D eigenvalue weighted by molar-refractivity contribution is -0.111. The van der Waals surface area contributed by atoms with E-state index in [1.807, 2.05) is 6.07 Å². The van der Waals surface area contributed by atoms with E-state index in [9.17, 15) is 14.7 Å². The number of phenolic OH excluding ortho intramolecular Hbond substituents is 1. The summed E-state index contributed by atoms with van der Waals surface area (Å²) in [7, 11) is 0. The maximum Gasteiger partial charge on any atom is 0.355 e. The van der Waals surface area contributed by atoms with Gasteiger partial charge in [-0.3, -0.25) is 4.79 Å². The topological polar surface area (TPSA) is 82.3 Å². The van der Waals surface area contributed by atoms with E-state index in [0.29, 0.717) is 17.1 Å².